The summed E-state index contributed by atoms with van der Waals surface area (Å²) in [5.74, 6) is 0.960. The molecule has 2 heterocycles. The predicted molar refractivity (Wildman–Crippen MR) is 61.9 cm³/mol. The lowest BCUT2D eigenvalue weighted by Gasteiger charge is -2.10. The highest BCUT2D eigenvalue weighted by atomic mass is 16.3. The Morgan fingerprint density at radius 1 is 1.56 bits per heavy atom. The first-order valence-corrected chi connectivity index (χ1v) is 5.42. The van der Waals surface area contributed by atoms with Gasteiger partial charge in [-0.15, -0.1) is 0 Å². The molecule has 0 amide bonds. The lowest BCUT2D eigenvalue weighted by Crippen LogP contribution is -2.17. The molecule has 4 nitrogen and oxygen atoms in total. The van der Waals surface area contributed by atoms with Crippen molar-refractivity contribution >= 4 is 0 Å². The quantitative estimate of drug-likeness (QED) is 0.857. The van der Waals surface area contributed by atoms with Crippen molar-refractivity contribution in [2.24, 2.45) is 7.05 Å². The molecular weight excluding hydrogens is 202 g/mol. The third-order valence-corrected chi connectivity index (χ3v) is 2.91. The number of nitrogens with zero attached hydrogens (tertiary/aromatic N) is 2. The summed E-state index contributed by atoms with van der Waals surface area (Å²) in [7, 11) is 1.95. The minimum Gasteiger partial charge on any atom is -0.468 e. The number of rotatable bonds is 4. The van der Waals surface area contributed by atoms with Crippen LogP contribution in [-0.4, -0.2) is 9.78 Å². The molecule has 0 saturated carbocycles. The van der Waals surface area contributed by atoms with Crippen LogP contribution in [0.2, 0.25) is 0 Å². The van der Waals surface area contributed by atoms with Gasteiger partial charge >= 0.3 is 0 Å². The summed E-state index contributed by atoms with van der Waals surface area (Å²) in [5, 5.41) is 7.62. The Kier molecular flexibility index (Phi) is 3.10. The first kappa shape index (κ1) is 11.0. The molecular formula is C12H17N3O. The van der Waals surface area contributed by atoms with Crippen molar-refractivity contribution < 1.29 is 4.42 Å². The average molecular weight is 219 g/mol. The van der Waals surface area contributed by atoms with E-state index in [4.69, 9.17) is 4.42 Å². The fourth-order valence-corrected chi connectivity index (χ4v) is 1.62. The SMILES string of the molecule is Cc1c(CN[C@H](C)c2ccco2)cnn1C. The molecule has 4 heteroatoms. The van der Waals surface area contributed by atoms with E-state index in [1.54, 1.807) is 6.26 Å². The maximum absolute atomic E-state index is 5.34. The highest BCUT2D eigenvalue weighted by Crippen LogP contribution is 2.14. The van der Waals surface area contributed by atoms with E-state index < -0.39 is 0 Å². The fourth-order valence-electron chi connectivity index (χ4n) is 1.62. The van der Waals surface area contributed by atoms with Gasteiger partial charge in [0, 0.05) is 24.8 Å². The van der Waals surface area contributed by atoms with Gasteiger partial charge in [0.1, 0.15) is 5.76 Å². The highest BCUT2D eigenvalue weighted by Gasteiger charge is 2.09. The Bertz CT molecular complexity index is 445. The third kappa shape index (κ3) is 2.17. The van der Waals surface area contributed by atoms with Crippen molar-refractivity contribution in [3.63, 3.8) is 0 Å². The summed E-state index contributed by atoms with van der Waals surface area (Å²) in [6.07, 6.45) is 3.60. The van der Waals surface area contributed by atoms with E-state index in [-0.39, 0.29) is 6.04 Å². The van der Waals surface area contributed by atoms with Crippen LogP contribution in [0.1, 0.15) is 30.0 Å². The Labute approximate surface area is 95.3 Å². The van der Waals surface area contributed by atoms with E-state index in [2.05, 4.69) is 24.3 Å². The number of hydrogen-bond donors (Lipinski definition) is 1. The molecule has 0 fully saturated rings. The largest absolute Gasteiger partial charge is 0.468 e. The summed E-state index contributed by atoms with van der Waals surface area (Å²) in [6.45, 7) is 4.97. The molecule has 0 aliphatic rings. The van der Waals surface area contributed by atoms with Crippen LogP contribution in [0.4, 0.5) is 0 Å². The van der Waals surface area contributed by atoms with Crippen molar-refractivity contribution in [1.82, 2.24) is 15.1 Å². The molecule has 2 aromatic rings. The minimum absolute atomic E-state index is 0.217. The molecule has 16 heavy (non-hydrogen) atoms. The van der Waals surface area contributed by atoms with E-state index in [0.717, 1.165) is 12.3 Å². The standard InChI is InChI=1S/C12H17N3O/c1-9(12-5-4-6-16-12)13-7-11-8-14-15(3)10(11)2/h4-6,8-9,13H,7H2,1-3H3/t9-/m1/s1. The van der Waals surface area contributed by atoms with Gasteiger partial charge in [0.15, 0.2) is 0 Å². The van der Waals surface area contributed by atoms with E-state index in [9.17, 15) is 0 Å². The summed E-state index contributed by atoms with van der Waals surface area (Å²) >= 11 is 0. The number of hydrogen-bond acceptors (Lipinski definition) is 3. The smallest absolute Gasteiger partial charge is 0.120 e. The fraction of sp³-hybridized carbons (Fsp3) is 0.417. The zero-order valence-corrected chi connectivity index (χ0v) is 9.90. The van der Waals surface area contributed by atoms with Crippen molar-refractivity contribution in [2.45, 2.75) is 26.4 Å². The van der Waals surface area contributed by atoms with Gasteiger partial charge in [-0.25, -0.2) is 0 Å². The van der Waals surface area contributed by atoms with Crippen LogP contribution in [0.3, 0.4) is 0 Å². The molecule has 86 valence electrons. The molecule has 0 saturated heterocycles. The van der Waals surface area contributed by atoms with Crippen molar-refractivity contribution in [3.8, 4) is 0 Å². The molecule has 2 aromatic heterocycles. The molecule has 0 unspecified atom stereocenters. The molecule has 0 aliphatic carbocycles. The predicted octanol–water partition coefficient (Wildman–Crippen LogP) is 2.17. The molecule has 0 bridgehead atoms. The maximum atomic E-state index is 5.34. The van der Waals surface area contributed by atoms with Crippen LogP contribution in [0.25, 0.3) is 0 Å². The molecule has 0 aromatic carbocycles. The second-order valence-electron chi connectivity index (χ2n) is 4.00. The Hall–Kier alpha value is -1.55. The second kappa shape index (κ2) is 4.53. The van der Waals surface area contributed by atoms with Crippen LogP contribution in [0.15, 0.2) is 29.0 Å². The lowest BCUT2D eigenvalue weighted by atomic mass is 10.2. The maximum Gasteiger partial charge on any atom is 0.120 e. The van der Waals surface area contributed by atoms with Crippen LogP contribution in [0.5, 0.6) is 0 Å². The summed E-state index contributed by atoms with van der Waals surface area (Å²) in [5.41, 5.74) is 2.42. The molecule has 0 radical (unpaired) electrons. The Balaban J connectivity index is 1.95. The molecule has 1 N–H and O–H groups in total. The first-order valence-electron chi connectivity index (χ1n) is 5.42. The monoisotopic (exact) mass is 219 g/mol. The van der Waals surface area contributed by atoms with E-state index in [0.29, 0.717) is 0 Å². The summed E-state index contributed by atoms with van der Waals surface area (Å²) in [4.78, 5) is 0. The van der Waals surface area contributed by atoms with Gasteiger partial charge in [0.05, 0.1) is 18.5 Å². The second-order valence-corrected chi connectivity index (χ2v) is 4.00. The number of aryl methyl sites for hydroxylation is 1. The van der Waals surface area contributed by atoms with E-state index in [1.165, 1.54) is 11.3 Å². The van der Waals surface area contributed by atoms with Gasteiger partial charge < -0.3 is 9.73 Å². The van der Waals surface area contributed by atoms with Gasteiger partial charge in [-0.3, -0.25) is 4.68 Å². The lowest BCUT2D eigenvalue weighted by molar-refractivity contribution is 0.430. The third-order valence-electron chi connectivity index (χ3n) is 2.91. The summed E-state index contributed by atoms with van der Waals surface area (Å²) < 4.78 is 7.22. The van der Waals surface area contributed by atoms with Gasteiger partial charge in [0.25, 0.3) is 0 Å². The normalized spacial score (nSPS) is 12.9. The minimum atomic E-state index is 0.217. The van der Waals surface area contributed by atoms with Crippen molar-refractivity contribution in [1.29, 1.82) is 0 Å². The average Bonchev–Trinajstić information content (AvgIpc) is 2.89. The van der Waals surface area contributed by atoms with E-state index in [1.807, 2.05) is 30.1 Å². The first-order chi connectivity index (χ1) is 7.68. The molecule has 1 atom stereocenters. The van der Waals surface area contributed by atoms with Gasteiger partial charge in [-0.1, -0.05) is 0 Å². The molecule has 0 spiro atoms. The molecule has 0 aliphatic heterocycles. The number of furan rings is 1. The van der Waals surface area contributed by atoms with Gasteiger partial charge in [0.2, 0.25) is 0 Å². The van der Waals surface area contributed by atoms with Crippen molar-refractivity contribution in [3.05, 3.63) is 41.6 Å². The highest BCUT2D eigenvalue weighted by molar-refractivity contribution is 5.16. The topological polar surface area (TPSA) is 43.0 Å². The molecule has 2 rings (SSSR count). The van der Waals surface area contributed by atoms with Crippen LogP contribution < -0.4 is 5.32 Å². The van der Waals surface area contributed by atoms with E-state index >= 15 is 0 Å². The van der Waals surface area contributed by atoms with Crippen LogP contribution >= 0.6 is 0 Å². The van der Waals surface area contributed by atoms with Crippen molar-refractivity contribution in [2.75, 3.05) is 0 Å². The Morgan fingerprint density at radius 3 is 2.94 bits per heavy atom. The van der Waals surface area contributed by atoms with Crippen LogP contribution in [0, 0.1) is 6.92 Å². The van der Waals surface area contributed by atoms with Crippen LogP contribution in [-0.2, 0) is 13.6 Å². The zero-order valence-electron chi connectivity index (χ0n) is 9.90. The number of nitrogens with one attached hydrogen (secondary N) is 1. The number of aromatic nitrogens is 2. The zero-order chi connectivity index (χ0) is 11.5. The summed E-state index contributed by atoms with van der Waals surface area (Å²) in [6, 6.07) is 4.10. The van der Waals surface area contributed by atoms with Gasteiger partial charge in [-0.05, 0) is 26.0 Å². The Morgan fingerprint density at radius 2 is 2.38 bits per heavy atom. The van der Waals surface area contributed by atoms with Gasteiger partial charge in [-0.2, -0.15) is 5.10 Å².